The van der Waals surface area contributed by atoms with Crippen LogP contribution in [-0.4, -0.2) is 56.5 Å². The van der Waals surface area contributed by atoms with Crippen LogP contribution in [0.4, 0.5) is 0 Å². The van der Waals surface area contributed by atoms with Crippen LogP contribution >= 0.6 is 0 Å². The second-order valence-electron chi connectivity index (χ2n) is 6.31. The summed E-state index contributed by atoms with van der Waals surface area (Å²) in [6.45, 7) is 3.65. The Hall–Kier alpha value is -2.08. The maximum atomic E-state index is 12.4. The van der Waals surface area contributed by atoms with Gasteiger partial charge in [0.05, 0.1) is 13.7 Å². The van der Waals surface area contributed by atoms with E-state index in [9.17, 15) is 9.59 Å². The van der Waals surface area contributed by atoms with E-state index in [1.54, 1.807) is 25.3 Å². The lowest BCUT2D eigenvalue weighted by atomic mass is 10.1. The zero-order valence-electron chi connectivity index (χ0n) is 15.3. The van der Waals surface area contributed by atoms with Crippen LogP contribution in [0.1, 0.15) is 43.0 Å². The monoisotopic (exact) mass is 348 g/mol. The number of rotatable bonds is 9. The number of amides is 1. The average Bonchev–Trinajstić information content (AvgIpc) is 3.07. The highest BCUT2D eigenvalue weighted by Crippen LogP contribution is 2.28. The Morgan fingerprint density at radius 1 is 1.32 bits per heavy atom. The van der Waals surface area contributed by atoms with Gasteiger partial charge in [-0.2, -0.15) is 0 Å². The molecule has 6 nitrogen and oxygen atoms in total. The summed E-state index contributed by atoms with van der Waals surface area (Å²) >= 11 is 0. The first-order chi connectivity index (χ1) is 12.1. The molecule has 1 amide bonds. The number of Topliss-reactive ketones (excluding diaryl/α,β-unsaturated/α-hetero) is 1. The molecule has 0 radical (unpaired) electrons. The highest BCUT2D eigenvalue weighted by atomic mass is 16.5. The van der Waals surface area contributed by atoms with E-state index in [2.05, 4.69) is 5.32 Å². The van der Waals surface area contributed by atoms with Gasteiger partial charge in [-0.15, -0.1) is 0 Å². The molecule has 1 unspecified atom stereocenters. The normalized spacial score (nSPS) is 16.8. The molecule has 0 spiro atoms. The molecule has 25 heavy (non-hydrogen) atoms. The molecule has 1 N–H and O–H groups in total. The summed E-state index contributed by atoms with van der Waals surface area (Å²) in [6.07, 6.45) is 3.28. The molecule has 1 saturated heterocycles. The van der Waals surface area contributed by atoms with E-state index in [1.165, 1.54) is 6.92 Å². The number of nitrogens with one attached hydrogen (secondary N) is 1. The van der Waals surface area contributed by atoms with Crippen molar-refractivity contribution in [1.82, 2.24) is 10.2 Å². The first-order valence-corrected chi connectivity index (χ1v) is 8.82. The Kier molecular flexibility index (Phi) is 7.25. The fraction of sp³-hybridized carbons (Fsp3) is 0.579. The van der Waals surface area contributed by atoms with E-state index in [4.69, 9.17) is 9.47 Å². The van der Waals surface area contributed by atoms with Gasteiger partial charge in [-0.25, -0.2) is 0 Å². The molecule has 0 saturated carbocycles. The highest BCUT2D eigenvalue weighted by Gasteiger charge is 2.27. The lowest BCUT2D eigenvalue weighted by Crippen LogP contribution is -2.40. The smallest absolute Gasteiger partial charge is 0.222 e. The van der Waals surface area contributed by atoms with Gasteiger partial charge < -0.3 is 19.7 Å². The molecule has 1 aliphatic heterocycles. The summed E-state index contributed by atoms with van der Waals surface area (Å²) in [6, 6.07) is 5.45. The standard InChI is InChI=1S/C19H28N2O4/c1-14(22)15-8-9-17(18(12-15)24-3)25-11-5-7-19(23)21-10-4-6-16(21)13-20-2/h8-9,12,16,20H,4-7,10-11,13H2,1-3H3. The molecule has 138 valence electrons. The molecule has 0 aromatic heterocycles. The third-order valence-electron chi connectivity index (χ3n) is 4.50. The van der Waals surface area contributed by atoms with Gasteiger partial charge in [0.1, 0.15) is 0 Å². The Bertz CT molecular complexity index is 603. The van der Waals surface area contributed by atoms with Crippen LogP contribution in [0.2, 0.25) is 0 Å². The number of methoxy groups -OCH3 is 1. The topological polar surface area (TPSA) is 67.9 Å². The predicted octanol–water partition coefficient (Wildman–Crippen LogP) is 2.27. The van der Waals surface area contributed by atoms with E-state index in [0.717, 1.165) is 25.9 Å². The second kappa shape index (κ2) is 9.42. The molecule has 0 bridgehead atoms. The summed E-state index contributed by atoms with van der Waals surface area (Å²) in [4.78, 5) is 25.8. The van der Waals surface area contributed by atoms with Crippen LogP contribution in [0.25, 0.3) is 0 Å². The van der Waals surface area contributed by atoms with Crippen molar-refractivity contribution in [3.63, 3.8) is 0 Å². The largest absolute Gasteiger partial charge is 0.493 e. The molecule has 1 fully saturated rings. The molecule has 1 aliphatic rings. The van der Waals surface area contributed by atoms with Crippen LogP contribution in [0.3, 0.4) is 0 Å². The van der Waals surface area contributed by atoms with Crippen molar-refractivity contribution in [2.75, 3.05) is 33.9 Å². The van der Waals surface area contributed by atoms with Gasteiger partial charge in [0.25, 0.3) is 0 Å². The summed E-state index contributed by atoms with van der Waals surface area (Å²) in [7, 11) is 3.46. The van der Waals surface area contributed by atoms with Gasteiger partial charge >= 0.3 is 0 Å². The number of carbonyl (C=O) groups excluding carboxylic acids is 2. The van der Waals surface area contributed by atoms with Crippen molar-refractivity contribution in [2.45, 2.75) is 38.6 Å². The Balaban J connectivity index is 1.81. The molecular weight excluding hydrogens is 320 g/mol. The number of likely N-dealkylation sites (tertiary alicyclic amines) is 1. The van der Waals surface area contributed by atoms with Gasteiger partial charge in [0.2, 0.25) is 5.91 Å². The first-order valence-electron chi connectivity index (χ1n) is 8.82. The lowest BCUT2D eigenvalue weighted by Gasteiger charge is -2.24. The summed E-state index contributed by atoms with van der Waals surface area (Å²) in [5, 5.41) is 3.15. The first kappa shape index (κ1) is 19.2. The van der Waals surface area contributed by atoms with Crippen molar-refractivity contribution in [3.05, 3.63) is 23.8 Å². The van der Waals surface area contributed by atoms with Crippen LogP contribution in [0, 0.1) is 0 Å². The fourth-order valence-electron chi connectivity index (χ4n) is 3.17. The van der Waals surface area contributed by atoms with Gasteiger partial charge in [0, 0.05) is 31.1 Å². The number of nitrogens with zero attached hydrogens (tertiary/aromatic N) is 1. The molecule has 1 heterocycles. The van der Waals surface area contributed by atoms with Gasteiger partial charge in [-0.1, -0.05) is 0 Å². The van der Waals surface area contributed by atoms with E-state index in [-0.39, 0.29) is 11.7 Å². The van der Waals surface area contributed by atoms with Crippen molar-refractivity contribution >= 4 is 11.7 Å². The SMILES string of the molecule is CNCC1CCCN1C(=O)CCCOc1ccc(C(C)=O)cc1OC. The van der Waals surface area contributed by atoms with Crippen molar-refractivity contribution in [3.8, 4) is 11.5 Å². The van der Waals surface area contributed by atoms with Crippen molar-refractivity contribution < 1.29 is 19.1 Å². The number of ether oxygens (including phenoxy) is 2. The number of carbonyl (C=O) groups is 2. The fourth-order valence-corrected chi connectivity index (χ4v) is 3.17. The Morgan fingerprint density at radius 2 is 2.12 bits per heavy atom. The minimum absolute atomic E-state index is 0.0165. The number of hydrogen-bond donors (Lipinski definition) is 1. The maximum absolute atomic E-state index is 12.4. The predicted molar refractivity (Wildman–Crippen MR) is 96.4 cm³/mol. The number of likely N-dealkylation sites (N-methyl/N-ethyl adjacent to an activating group) is 1. The van der Waals surface area contributed by atoms with E-state index in [1.807, 2.05) is 11.9 Å². The minimum atomic E-state index is -0.0165. The summed E-state index contributed by atoms with van der Waals surface area (Å²) in [5.74, 6) is 1.30. The van der Waals surface area contributed by atoms with E-state index < -0.39 is 0 Å². The van der Waals surface area contributed by atoms with Gasteiger partial charge in [0.15, 0.2) is 17.3 Å². The Morgan fingerprint density at radius 3 is 2.80 bits per heavy atom. The van der Waals surface area contributed by atoms with Crippen molar-refractivity contribution in [2.24, 2.45) is 0 Å². The maximum Gasteiger partial charge on any atom is 0.222 e. The van der Waals surface area contributed by atoms with E-state index in [0.29, 0.717) is 42.6 Å². The van der Waals surface area contributed by atoms with Crippen LogP contribution in [-0.2, 0) is 4.79 Å². The van der Waals surface area contributed by atoms with Crippen molar-refractivity contribution in [1.29, 1.82) is 0 Å². The molecule has 1 atom stereocenters. The Labute approximate surface area is 149 Å². The number of hydrogen-bond acceptors (Lipinski definition) is 5. The number of ketones is 1. The van der Waals surface area contributed by atoms with Crippen LogP contribution in [0.5, 0.6) is 11.5 Å². The molecule has 1 aromatic rings. The minimum Gasteiger partial charge on any atom is -0.493 e. The second-order valence-corrected chi connectivity index (χ2v) is 6.31. The molecule has 1 aromatic carbocycles. The summed E-state index contributed by atoms with van der Waals surface area (Å²) in [5.41, 5.74) is 0.587. The zero-order valence-corrected chi connectivity index (χ0v) is 15.3. The molecule has 2 rings (SSSR count). The van der Waals surface area contributed by atoms with Gasteiger partial charge in [-0.05, 0) is 51.4 Å². The van der Waals surface area contributed by atoms with Crippen LogP contribution < -0.4 is 14.8 Å². The third-order valence-corrected chi connectivity index (χ3v) is 4.50. The number of benzene rings is 1. The van der Waals surface area contributed by atoms with Gasteiger partial charge in [-0.3, -0.25) is 9.59 Å². The highest BCUT2D eigenvalue weighted by molar-refractivity contribution is 5.94. The quantitative estimate of drug-likeness (QED) is 0.548. The molecular formula is C19H28N2O4. The van der Waals surface area contributed by atoms with Crippen LogP contribution in [0.15, 0.2) is 18.2 Å². The molecule has 6 heteroatoms. The third kappa shape index (κ3) is 5.19. The molecule has 0 aliphatic carbocycles. The lowest BCUT2D eigenvalue weighted by molar-refractivity contribution is -0.132. The average molecular weight is 348 g/mol. The summed E-state index contributed by atoms with van der Waals surface area (Å²) < 4.78 is 11.0. The zero-order chi connectivity index (χ0) is 18.2. The van der Waals surface area contributed by atoms with E-state index >= 15 is 0 Å².